The summed E-state index contributed by atoms with van der Waals surface area (Å²) in [7, 11) is 0. The molecule has 7 heteroatoms. The molecule has 2 N–H and O–H groups in total. The number of nitrogens with zero attached hydrogens (tertiary/aromatic N) is 2. The third kappa shape index (κ3) is 4.99. The first-order chi connectivity index (χ1) is 7.26. The highest BCUT2D eigenvalue weighted by atomic mass is 79.9. The highest BCUT2D eigenvalue weighted by Gasteiger charge is 2.01. The van der Waals surface area contributed by atoms with Crippen molar-refractivity contribution >= 4 is 55.1 Å². The highest BCUT2D eigenvalue weighted by Crippen LogP contribution is 2.14. The molecule has 0 aliphatic rings. The van der Waals surface area contributed by atoms with E-state index in [1.54, 1.807) is 0 Å². The molecule has 0 amide bonds. The van der Waals surface area contributed by atoms with E-state index in [1.165, 1.54) is 0 Å². The Bertz CT molecular complexity index is 284. The van der Waals surface area contributed by atoms with Crippen molar-refractivity contribution in [3.63, 3.8) is 0 Å². The van der Waals surface area contributed by atoms with E-state index in [0.717, 1.165) is 35.4 Å². The number of rotatable bonds is 6. The number of aromatic nitrogens is 2. The van der Waals surface area contributed by atoms with Gasteiger partial charge in [0.1, 0.15) is 11.6 Å². The lowest BCUT2D eigenvalue weighted by Gasteiger charge is -2.07. The van der Waals surface area contributed by atoms with E-state index >= 15 is 0 Å². The predicted octanol–water partition coefficient (Wildman–Crippen LogP) is 2.74. The zero-order valence-corrected chi connectivity index (χ0v) is 11.9. The fraction of sp³-hybridized carbons (Fsp3) is 0.500. The molecule has 0 fully saturated rings. The molecule has 0 atom stereocenters. The van der Waals surface area contributed by atoms with E-state index < -0.39 is 0 Å². The number of nitrogens with one attached hydrogen (secondary N) is 2. The second-order valence-corrected chi connectivity index (χ2v) is 4.56. The zero-order chi connectivity index (χ0) is 11.1. The van der Waals surface area contributed by atoms with Crippen LogP contribution in [0.15, 0.2) is 6.07 Å². The molecule has 0 bridgehead atoms. The third-order valence-electron chi connectivity index (χ3n) is 1.50. The summed E-state index contributed by atoms with van der Waals surface area (Å²) in [4.78, 5) is 8.10. The lowest BCUT2D eigenvalue weighted by molar-refractivity contribution is 1.10. The minimum atomic E-state index is 0.242. The van der Waals surface area contributed by atoms with Gasteiger partial charge in [0.2, 0.25) is 5.28 Å². The average molecular weight is 358 g/mol. The highest BCUT2D eigenvalue weighted by molar-refractivity contribution is 9.09. The summed E-state index contributed by atoms with van der Waals surface area (Å²) in [6.07, 6.45) is 0. The topological polar surface area (TPSA) is 49.8 Å². The fourth-order valence-electron chi connectivity index (χ4n) is 0.950. The monoisotopic (exact) mass is 356 g/mol. The van der Waals surface area contributed by atoms with Gasteiger partial charge in [-0.05, 0) is 11.6 Å². The van der Waals surface area contributed by atoms with Crippen molar-refractivity contribution in [2.45, 2.75) is 0 Å². The van der Waals surface area contributed by atoms with Crippen molar-refractivity contribution in [3.05, 3.63) is 11.3 Å². The summed E-state index contributed by atoms with van der Waals surface area (Å²) in [6.45, 7) is 1.59. The molecule has 1 heterocycles. The summed E-state index contributed by atoms with van der Waals surface area (Å²) < 4.78 is 0. The molecule has 1 aromatic heterocycles. The minimum absolute atomic E-state index is 0.242. The van der Waals surface area contributed by atoms with Crippen LogP contribution in [0.5, 0.6) is 0 Å². The molecule has 4 nitrogen and oxygen atoms in total. The van der Waals surface area contributed by atoms with Crippen molar-refractivity contribution in [1.82, 2.24) is 9.97 Å². The maximum Gasteiger partial charge on any atom is 0.226 e. The van der Waals surface area contributed by atoms with Crippen LogP contribution in [-0.4, -0.2) is 33.7 Å². The molecule has 1 rings (SSSR count). The molecule has 0 aliphatic heterocycles. The molecule has 0 spiro atoms. The molecule has 0 radical (unpaired) electrons. The van der Waals surface area contributed by atoms with Gasteiger partial charge in [-0.25, -0.2) is 9.97 Å². The number of hydrogen-bond donors (Lipinski definition) is 2. The molecule has 0 unspecified atom stereocenters. The van der Waals surface area contributed by atoms with Crippen molar-refractivity contribution in [1.29, 1.82) is 0 Å². The number of hydrogen-bond acceptors (Lipinski definition) is 4. The van der Waals surface area contributed by atoms with Crippen LogP contribution in [0, 0.1) is 0 Å². The van der Waals surface area contributed by atoms with E-state index in [2.05, 4.69) is 52.5 Å². The smallest absolute Gasteiger partial charge is 0.226 e. The van der Waals surface area contributed by atoms with E-state index in [9.17, 15) is 0 Å². The van der Waals surface area contributed by atoms with Crippen LogP contribution in [0.3, 0.4) is 0 Å². The molecule has 0 saturated carbocycles. The van der Waals surface area contributed by atoms with Crippen LogP contribution in [-0.2, 0) is 0 Å². The molecule has 0 aliphatic carbocycles. The van der Waals surface area contributed by atoms with Gasteiger partial charge in [-0.2, -0.15) is 0 Å². The number of halogens is 3. The Morgan fingerprint density at radius 1 is 1.07 bits per heavy atom. The first-order valence-electron chi connectivity index (χ1n) is 4.40. The van der Waals surface area contributed by atoms with Crippen LogP contribution < -0.4 is 10.6 Å². The Labute approximate surface area is 110 Å². The van der Waals surface area contributed by atoms with Crippen molar-refractivity contribution < 1.29 is 0 Å². The number of anilines is 2. The first kappa shape index (κ1) is 13.0. The van der Waals surface area contributed by atoms with Crippen LogP contribution >= 0.6 is 43.5 Å². The lowest BCUT2D eigenvalue weighted by Crippen LogP contribution is -2.08. The Morgan fingerprint density at radius 2 is 1.53 bits per heavy atom. The maximum absolute atomic E-state index is 5.78. The Morgan fingerprint density at radius 3 is 1.93 bits per heavy atom. The minimum Gasteiger partial charge on any atom is -0.369 e. The Balaban J connectivity index is 2.66. The van der Waals surface area contributed by atoms with Crippen LogP contribution in [0.4, 0.5) is 11.6 Å². The SMILES string of the molecule is Clc1nc(NCCBr)cc(NCCBr)n1. The van der Waals surface area contributed by atoms with Crippen molar-refractivity contribution in [2.24, 2.45) is 0 Å². The summed E-state index contributed by atoms with van der Waals surface area (Å²) in [5.41, 5.74) is 0. The lowest BCUT2D eigenvalue weighted by atomic mass is 10.5. The van der Waals surface area contributed by atoms with Crippen molar-refractivity contribution in [3.8, 4) is 0 Å². The second kappa shape index (κ2) is 7.24. The van der Waals surface area contributed by atoms with Gasteiger partial charge in [0.05, 0.1) is 0 Å². The molecule has 15 heavy (non-hydrogen) atoms. The molecular weight excluding hydrogens is 347 g/mol. The zero-order valence-electron chi connectivity index (χ0n) is 7.93. The molecule has 1 aromatic rings. The largest absolute Gasteiger partial charge is 0.369 e. The maximum atomic E-state index is 5.78. The van der Waals surface area contributed by atoms with Gasteiger partial charge < -0.3 is 10.6 Å². The van der Waals surface area contributed by atoms with Gasteiger partial charge >= 0.3 is 0 Å². The van der Waals surface area contributed by atoms with E-state index in [-0.39, 0.29) is 5.28 Å². The molecule has 0 aromatic carbocycles. The fourth-order valence-corrected chi connectivity index (χ4v) is 1.53. The Kier molecular flexibility index (Phi) is 6.28. The van der Waals surface area contributed by atoms with Crippen LogP contribution in [0.2, 0.25) is 5.28 Å². The van der Waals surface area contributed by atoms with Gasteiger partial charge in [0.25, 0.3) is 0 Å². The second-order valence-electron chi connectivity index (χ2n) is 2.64. The summed E-state index contributed by atoms with van der Waals surface area (Å²) in [5.74, 6) is 1.46. The van der Waals surface area contributed by atoms with Crippen LogP contribution in [0.1, 0.15) is 0 Å². The van der Waals surface area contributed by atoms with Gasteiger partial charge in [-0.1, -0.05) is 31.9 Å². The predicted molar refractivity (Wildman–Crippen MR) is 71.6 cm³/mol. The van der Waals surface area contributed by atoms with Crippen molar-refractivity contribution in [2.75, 3.05) is 34.4 Å². The van der Waals surface area contributed by atoms with Gasteiger partial charge in [0.15, 0.2) is 0 Å². The van der Waals surface area contributed by atoms with Gasteiger partial charge in [-0.15, -0.1) is 0 Å². The van der Waals surface area contributed by atoms with Gasteiger partial charge in [0, 0.05) is 29.8 Å². The number of alkyl halides is 2. The van der Waals surface area contributed by atoms with E-state index in [4.69, 9.17) is 11.6 Å². The average Bonchev–Trinajstić information content (AvgIpc) is 2.23. The molecule has 0 saturated heterocycles. The van der Waals surface area contributed by atoms with Crippen LogP contribution in [0.25, 0.3) is 0 Å². The Hall–Kier alpha value is -0.0700. The quantitative estimate of drug-likeness (QED) is 0.606. The van der Waals surface area contributed by atoms with E-state index in [1.807, 2.05) is 6.07 Å². The van der Waals surface area contributed by atoms with Gasteiger partial charge in [-0.3, -0.25) is 0 Å². The molecule has 84 valence electrons. The van der Waals surface area contributed by atoms with E-state index in [0.29, 0.717) is 0 Å². The standard InChI is InChI=1S/C8H11Br2ClN4/c9-1-3-12-6-5-7(13-4-2-10)15-8(11)14-6/h5H,1-4H2,(H2,12,13,14,15). The normalized spacial score (nSPS) is 10.1. The first-order valence-corrected chi connectivity index (χ1v) is 7.02. The summed E-state index contributed by atoms with van der Waals surface area (Å²) >= 11 is 12.4. The summed E-state index contributed by atoms with van der Waals surface area (Å²) in [6, 6.07) is 1.83. The summed E-state index contributed by atoms with van der Waals surface area (Å²) in [5, 5.41) is 8.20. The third-order valence-corrected chi connectivity index (χ3v) is 2.46. The molecular formula is C8H11Br2ClN4.